The number of benzene rings is 1. The predicted octanol–water partition coefficient (Wildman–Crippen LogP) is 4.45. The number of nitrogens with one attached hydrogen (secondary N) is 3. The molecule has 0 spiro atoms. The molecule has 222 valence electrons. The minimum atomic E-state index is -3.67. The maximum absolute atomic E-state index is 13.5. The van der Waals surface area contributed by atoms with Crippen molar-refractivity contribution in [2.45, 2.75) is 49.5 Å². The number of H-pyrrole nitrogens is 1. The number of aromatic amines is 1. The molecule has 3 N–H and O–H groups in total. The van der Waals surface area contributed by atoms with Crippen molar-refractivity contribution < 1.29 is 17.9 Å². The molecule has 3 fully saturated rings. The van der Waals surface area contributed by atoms with E-state index in [1.165, 1.54) is 32.8 Å². The van der Waals surface area contributed by atoms with E-state index in [4.69, 9.17) is 26.1 Å². The average molecular weight is 604 g/mol. The zero-order chi connectivity index (χ0) is 28.4. The molecule has 41 heavy (non-hydrogen) atoms. The number of rotatable bonds is 9. The van der Waals surface area contributed by atoms with E-state index in [1.807, 2.05) is 0 Å². The molecule has 3 aliphatic rings. The van der Waals surface area contributed by atoms with Crippen molar-refractivity contribution in [1.82, 2.24) is 24.2 Å². The fraction of sp³-hybridized carbons (Fsp3) is 0.571. The molecular formula is C28H38ClN7O4S. The average Bonchev–Trinajstić information content (AvgIpc) is 3.66. The smallest absolute Gasteiger partial charge is 0.243 e. The summed E-state index contributed by atoms with van der Waals surface area (Å²) in [4.78, 5) is 15.1. The Morgan fingerprint density at radius 1 is 1.10 bits per heavy atom. The molecule has 1 saturated carbocycles. The van der Waals surface area contributed by atoms with Gasteiger partial charge >= 0.3 is 0 Å². The van der Waals surface area contributed by atoms with Gasteiger partial charge < -0.3 is 25.1 Å². The van der Waals surface area contributed by atoms with Gasteiger partial charge in [0.15, 0.2) is 0 Å². The van der Waals surface area contributed by atoms with Crippen LogP contribution in [0.15, 0.2) is 29.3 Å². The Hall–Kier alpha value is -2.64. The highest BCUT2D eigenvalue weighted by Crippen LogP contribution is 2.35. The second-order valence-corrected chi connectivity index (χ2v) is 13.4. The second kappa shape index (κ2) is 12.3. The largest absolute Gasteiger partial charge is 0.495 e. The van der Waals surface area contributed by atoms with Crippen molar-refractivity contribution in [3.05, 3.63) is 29.4 Å². The van der Waals surface area contributed by atoms with Crippen molar-refractivity contribution in [3.63, 3.8) is 0 Å². The van der Waals surface area contributed by atoms with Crippen LogP contribution in [0.1, 0.15) is 38.5 Å². The van der Waals surface area contributed by atoms with Crippen molar-refractivity contribution in [2.24, 2.45) is 5.92 Å². The first kappa shape index (κ1) is 28.5. The fourth-order valence-corrected chi connectivity index (χ4v) is 7.95. The van der Waals surface area contributed by atoms with Crippen LogP contribution in [0.4, 0.5) is 17.5 Å². The van der Waals surface area contributed by atoms with Crippen LogP contribution < -0.4 is 15.4 Å². The molecule has 6 rings (SSSR count). The van der Waals surface area contributed by atoms with Crippen LogP contribution in [0.25, 0.3) is 11.0 Å². The molecule has 11 nitrogen and oxygen atoms in total. The maximum atomic E-state index is 13.5. The normalized spacial score (nSPS) is 20.0. The topological polar surface area (TPSA) is 125 Å². The number of anilines is 3. The van der Waals surface area contributed by atoms with Crippen molar-refractivity contribution in [1.29, 1.82) is 0 Å². The summed E-state index contributed by atoms with van der Waals surface area (Å²) < 4.78 is 39.8. The summed E-state index contributed by atoms with van der Waals surface area (Å²) in [5.41, 5.74) is 1.18. The number of nitrogens with zero attached hydrogens (tertiary/aromatic N) is 4. The number of ether oxygens (including phenoxy) is 2. The van der Waals surface area contributed by atoms with E-state index < -0.39 is 10.0 Å². The number of hydrogen-bond acceptors (Lipinski definition) is 9. The molecule has 0 amide bonds. The molecule has 0 atom stereocenters. The van der Waals surface area contributed by atoms with E-state index in [9.17, 15) is 8.42 Å². The van der Waals surface area contributed by atoms with E-state index in [2.05, 4.69) is 25.5 Å². The van der Waals surface area contributed by atoms with Gasteiger partial charge in [0.2, 0.25) is 16.0 Å². The first-order valence-corrected chi connectivity index (χ1v) is 16.3. The van der Waals surface area contributed by atoms with Gasteiger partial charge in [-0.1, -0.05) is 24.4 Å². The van der Waals surface area contributed by atoms with Gasteiger partial charge in [0.05, 0.1) is 41.3 Å². The summed E-state index contributed by atoms with van der Waals surface area (Å²) in [5.74, 6) is 2.02. The summed E-state index contributed by atoms with van der Waals surface area (Å²) in [7, 11) is -2.14. The lowest BCUT2D eigenvalue weighted by Crippen LogP contribution is -2.50. The van der Waals surface area contributed by atoms with E-state index >= 15 is 0 Å². The van der Waals surface area contributed by atoms with Crippen LogP contribution in [-0.2, 0) is 14.8 Å². The van der Waals surface area contributed by atoms with Crippen LogP contribution in [-0.4, -0.2) is 91.7 Å². The Bertz CT molecular complexity index is 1460. The van der Waals surface area contributed by atoms with Gasteiger partial charge in [0, 0.05) is 51.0 Å². The molecule has 0 radical (unpaired) electrons. The lowest BCUT2D eigenvalue weighted by Gasteiger charge is -2.39. The van der Waals surface area contributed by atoms with Gasteiger partial charge in [0.1, 0.15) is 17.2 Å². The highest BCUT2D eigenvalue weighted by atomic mass is 35.5. The van der Waals surface area contributed by atoms with Crippen molar-refractivity contribution in [3.8, 4) is 5.75 Å². The number of sulfonamides is 1. The summed E-state index contributed by atoms with van der Waals surface area (Å²) >= 11 is 6.45. The van der Waals surface area contributed by atoms with Gasteiger partial charge in [-0.3, -0.25) is 4.90 Å². The second-order valence-electron chi connectivity index (χ2n) is 11.1. The van der Waals surface area contributed by atoms with Crippen LogP contribution in [0.5, 0.6) is 5.75 Å². The summed E-state index contributed by atoms with van der Waals surface area (Å²) in [6, 6.07) is 5.27. The molecule has 3 aromatic rings. The Morgan fingerprint density at radius 2 is 1.85 bits per heavy atom. The van der Waals surface area contributed by atoms with E-state index in [0.29, 0.717) is 58.9 Å². The molecule has 4 heterocycles. The van der Waals surface area contributed by atoms with Crippen LogP contribution in [0, 0.1) is 5.92 Å². The number of fused-ring (bicyclic) bond motifs is 1. The Labute approximate surface area is 246 Å². The number of methoxy groups -OCH3 is 1. The molecule has 2 saturated heterocycles. The summed E-state index contributed by atoms with van der Waals surface area (Å²) in [6.07, 6.45) is 8.29. The van der Waals surface area contributed by atoms with Crippen LogP contribution in [0.2, 0.25) is 5.02 Å². The zero-order valence-corrected chi connectivity index (χ0v) is 24.9. The predicted molar refractivity (Wildman–Crippen MR) is 160 cm³/mol. The molecule has 13 heteroatoms. The minimum Gasteiger partial charge on any atom is -0.495 e. The molecule has 1 aromatic carbocycles. The van der Waals surface area contributed by atoms with Crippen LogP contribution in [0.3, 0.4) is 0 Å². The molecule has 1 aliphatic carbocycles. The SMILES string of the molecule is COc1cc(S(=O)(=O)N2CCC(N3CCOCC3)CC2)ccc1Nc1nc(NCC2CCCC2)c2c(Cl)c[nH]c2n1. The minimum absolute atomic E-state index is 0.205. The number of piperidine rings is 1. The molecule has 0 bridgehead atoms. The Balaban J connectivity index is 1.18. The van der Waals surface area contributed by atoms with Crippen molar-refractivity contribution >= 4 is 50.1 Å². The first-order chi connectivity index (χ1) is 19.9. The molecule has 2 aromatic heterocycles. The maximum Gasteiger partial charge on any atom is 0.243 e. The highest BCUT2D eigenvalue weighted by molar-refractivity contribution is 7.89. The zero-order valence-electron chi connectivity index (χ0n) is 23.4. The molecular weight excluding hydrogens is 566 g/mol. The monoisotopic (exact) mass is 603 g/mol. The van der Waals surface area contributed by atoms with Gasteiger partial charge in [0.25, 0.3) is 0 Å². The number of morpholine rings is 1. The number of halogens is 1. The summed E-state index contributed by atoms with van der Waals surface area (Å²) in [5, 5.41) is 8.01. The highest BCUT2D eigenvalue weighted by Gasteiger charge is 2.32. The van der Waals surface area contributed by atoms with Crippen LogP contribution >= 0.6 is 11.6 Å². The van der Waals surface area contributed by atoms with E-state index in [0.717, 1.165) is 51.1 Å². The number of hydrogen-bond donors (Lipinski definition) is 3. The summed E-state index contributed by atoms with van der Waals surface area (Å²) in [6.45, 7) is 5.13. The lowest BCUT2D eigenvalue weighted by atomic mass is 10.0. The molecule has 2 aliphatic heterocycles. The lowest BCUT2D eigenvalue weighted by molar-refractivity contribution is 0.00610. The fourth-order valence-electron chi connectivity index (χ4n) is 6.23. The first-order valence-electron chi connectivity index (χ1n) is 14.5. The number of aromatic nitrogens is 3. The third kappa shape index (κ3) is 6.12. The Kier molecular flexibility index (Phi) is 8.55. The van der Waals surface area contributed by atoms with Gasteiger partial charge in [-0.2, -0.15) is 14.3 Å². The van der Waals surface area contributed by atoms with E-state index in [1.54, 1.807) is 28.7 Å². The van der Waals surface area contributed by atoms with E-state index in [-0.39, 0.29) is 4.90 Å². The van der Waals surface area contributed by atoms with Gasteiger partial charge in [-0.15, -0.1) is 0 Å². The third-order valence-electron chi connectivity index (χ3n) is 8.56. The van der Waals surface area contributed by atoms with Crippen molar-refractivity contribution in [2.75, 3.05) is 63.7 Å². The Morgan fingerprint density at radius 3 is 2.59 bits per heavy atom. The molecule has 0 unspecified atom stereocenters. The standard InChI is InChI=1S/C28H38ClN7O4S/c1-39-24-16-21(41(37,38)36-10-8-20(9-11-36)35-12-14-40-15-13-35)6-7-23(24)32-28-33-26(30-17-19-4-2-3-5-19)25-22(29)18-31-27(25)34-28/h6-7,16,18-20H,2-5,8-15,17H2,1H3,(H3,30,31,32,33,34). The van der Waals surface area contributed by atoms with Gasteiger partial charge in [-0.25, -0.2) is 8.42 Å². The van der Waals surface area contributed by atoms with Gasteiger partial charge in [-0.05, 0) is 43.7 Å². The third-order valence-corrected chi connectivity index (χ3v) is 10.8. The quantitative estimate of drug-likeness (QED) is 0.325.